The van der Waals surface area contributed by atoms with E-state index in [1.54, 1.807) is 0 Å². The predicted octanol–water partition coefficient (Wildman–Crippen LogP) is 1.63. The van der Waals surface area contributed by atoms with E-state index in [4.69, 9.17) is 4.42 Å². The van der Waals surface area contributed by atoms with Gasteiger partial charge in [0.25, 0.3) is 3.90 Å². The first-order chi connectivity index (χ1) is 4.33. The first-order valence-electron chi connectivity index (χ1n) is 2.81. The minimum atomic E-state index is 0.621. The molecule has 9 heavy (non-hydrogen) atoms. The summed E-state index contributed by atoms with van der Waals surface area (Å²) in [7, 11) is 0. The van der Waals surface area contributed by atoms with Crippen molar-refractivity contribution in [3.63, 3.8) is 0 Å². The van der Waals surface area contributed by atoms with Crippen LogP contribution in [0.25, 0.3) is 0 Å². The summed E-state index contributed by atoms with van der Waals surface area (Å²) in [6.45, 7) is 2.08. The van der Waals surface area contributed by atoms with Crippen LogP contribution in [0.15, 0.2) is 4.42 Å². The maximum absolute atomic E-state index is 5.09. The quantitative estimate of drug-likeness (QED) is 0.735. The summed E-state index contributed by atoms with van der Waals surface area (Å²) in [5.74, 6) is 0.738. The third-order valence-electron chi connectivity index (χ3n) is 0.906. The molecule has 1 aromatic heterocycles. The first kappa shape index (κ1) is 6.98. The van der Waals surface area contributed by atoms with Gasteiger partial charge in [0.2, 0.25) is 5.89 Å². The average Bonchev–Trinajstić information content (AvgIpc) is 2.17. The molecule has 0 aliphatic rings. The molecule has 0 aliphatic heterocycles. The molecule has 50 valence electrons. The lowest BCUT2D eigenvalue weighted by molar-refractivity contribution is 0.466. The standard InChI is InChI=1S/C5H7IN2O/c1-2-3-4-7-8-5(6)9-4/h2-3H2,1H3. The van der Waals surface area contributed by atoms with Crippen molar-refractivity contribution in [1.82, 2.24) is 10.2 Å². The molecule has 0 saturated heterocycles. The zero-order chi connectivity index (χ0) is 6.69. The summed E-state index contributed by atoms with van der Waals surface area (Å²) in [6.07, 6.45) is 1.94. The zero-order valence-corrected chi connectivity index (χ0v) is 7.25. The van der Waals surface area contributed by atoms with Crippen molar-refractivity contribution < 1.29 is 4.42 Å². The molecule has 1 heterocycles. The fourth-order valence-corrected chi connectivity index (χ4v) is 0.910. The Balaban J connectivity index is 2.61. The van der Waals surface area contributed by atoms with E-state index < -0.39 is 0 Å². The van der Waals surface area contributed by atoms with E-state index in [-0.39, 0.29) is 0 Å². The first-order valence-corrected chi connectivity index (χ1v) is 3.88. The van der Waals surface area contributed by atoms with Gasteiger partial charge >= 0.3 is 0 Å². The molecule has 0 saturated carbocycles. The van der Waals surface area contributed by atoms with E-state index in [0.29, 0.717) is 3.90 Å². The second kappa shape index (κ2) is 3.14. The highest BCUT2D eigenvalue weighted by molar-refractivity contribution is 14.1. The van der Waals surface area contributed by atoms with Crippen molar-refractivity contribution in [2.75, 3.05) is 0 Å². The van der Waals surface area contributed by atoms with E-state index in [2.05, 4.69) is 17.1 Å². The van der Waals surface area contributed by atoms with Crippen LogP contribution in [-0.2, 0) is 6.42 Å². The Morgan fingerprint density at radius 2 is 2.33 bits per heavy atom. The second-order valence-electron chi connectivity index (χ2n) is 1.70. The third kappa shape index (κ3) is 1.92. The molecule has 0 N–H and O–H groups in total. The van der Waals surface area contributed by atoms with Crippen LogP contribution < -0.4 is 0 Å². The molecule has 1 rings (SSSR count). The van der Waals surface area contributed by atoms with Crippen molar-refractivity contribution in [2.45, 2.75) is 19.8 Å². The summed E-state index contributed by atoms with van der Waals surface area (Å²) in [5.41, 5.74) is 0. The van der Waals surface area contributed by atoms with E-state index >= 15 is 0 Å². The van der Waals surface area contributed by atoms with Gasteiger partial charge in [-0.1, -0.05) is 6.92 Å². The van der Waals surface area contributed by atoms with Crippen LogP contribution in [0, 0.1) is 3.90 Å². The van der Waals surface area contributed by atoms with Crippen LogP contribution in [-0.4, -0.2) is 10.2 Å². The summed E-state index contributed by atoms with van der Waals surface area (Å²) in [5, 5.41) is 7.49. The monoisotopic (exact) mass is 238 g/mol. The number of hydrogen-bond acceptors (Lipinski definition) is 3. The molecular formula is C5H7IN2O. The maximum atomic E-state index is 5.09. The molecule has 0 aliphatic carbocycles. The highest BCUT2D eigenvalue weighted by Gasteiger charge is 1.98. The maximum Gasteiger partial charge on any atom is 0.278 e. The van der Waals surface area contributed by atoms with Gasteiger partial charge in [0.15, 0.2) is 0 Å². The van der Waals surface area contributed by atoms with E-state index in [0.717, 1.165) is 18.7 Å². The predicted molar refractivity (Wildman–Crippen MR) is 41.0 cm³/mol. The molecule has 4 heteroatoms. The SMILES string of the molecule is CCCc1nnc(I)o1. The molecule has 0 spiro atoms. The number of nitrogens with zero attached hydrogens (tertiary/aromatic N) is 2. The molecule has 0 bridgehead atoms. The molecule has 0 fully saturated rings. The van der Waals surface area contributed by atoms with Crippen LogP contribution in [0.3, 0.4) is 0 Å². The normalized spacial score (nSPS) is 10.0. The Morgan fingerprint density at radius 1 is 1.56 bits per heavy atom. The van der Waals surface area contributed by atoms with Gasteiger partial charge in [0.1, 0.15) is 0 Å². The average molecular weight is 238 g/mol. The van der Waals surface area contributed by atoms with Gasteiger partial charge < -0.3 is 4.42 Å². The number of aryl methyl sites for hydroxylation is 1. The Labute approximate surface area is 67.0 Å². The van der Waals surface area contributed by atoms with Crippen LogP contribution in [0.5, 0.6) is 0 Å². The van der Waals surface area contributed by atoms with Gasteiger partial charge in [-0.05, 0) is 6.42 Å². The van der Waals surface area contributed by atoms with Gasteiger partial charge in [-0.3, -0.25) is 0 Å². The molecule has 0 aromatic carbocycles. The lowest BCUT2D eigenvalue weighted by atomic mass is 10.3. The highest BCUT2D eigenvalue weighted by Crippen LogP contribution is 2.03. The molecule has 0 radical (unpaired) electrons. The van der Waals surface area contributed by atoms with Crippen LogP contribution in [0.4, 0.5) is 0 Å². The largest absolute Gasteiger partial charge is 0.416 e. The number of aromatic nitrogens is 2. The van der Waals surface area contributed by atoms with Crippen LogP contribution in [0.2, 0.25) is 0 Å². The van der Waals surface area contributed by atoms with E-state index in [1.165, 1.54) is 0 Å². The Hall–Kier alpha value is -0.130. The lowest BCUT2D eigenvalue weighted by Crippen LogP contribution is -1.80. The van der Waals surface area contributed by atoms with Crippen molar-refractivity contribution in [1.29, 1.82) is 0 Å². The Kier molecular flexibility index (Phi) is 2.44. The smallest absolute Gasteiger partial charge is 0.278 e. The van der Waals surface area contributed by atoms with E-state index in [1.807, 2.05) is 22.6 Å². The van der Waals surface area contributed by atoms with Crippen LogP contribution in [0.1, 0.15) is 19.2 Å². The van der Waals surface area contributed by atoms with Crippen molar-refractivity contribution >= 4 is 22.6 Å². The molecular weight excluding hydrogens is 231 g/mol. The minimum Gasteiger partial charge on any atom is -0.416 e. The van der Waals surface area contributed by atoms with Crippen molar-refractivity contribution in [3.8, 4) is 0 Å². The third-order valence-corrected chi connectivity index (χ3v) is 1.34. The van der Waals surface area contributed by atoms with Crippen molar-refractivity contribution in [2.24, 2.45) is 0 Å². The topological polar surface area (TPSA) is 38.9 Å². The lowest BCUT2D eigenvalue weighted by Gasteiger charge is -1.83. The molecule has 0 atom stereocenters. The van der Waals surface area contributed by atoms with Gasteiger partial charge in [-0.2, -0.15) is 0 Å². The Morgan fingerprint density at radius 3 is 2.78 bits per heavy atom. The van der Waals surface area contributed by atoms with Gasteiger partial charge in [-0.15, -0.1) is 10.2 Å². The highest BCUT2D eigenvalue weighted by atomic mass is 127. The summed E-state index contributed by atoms with van der Waals surface area (Å²) < 4.78 is 5.71. The minimum absolute atomic E-state index is 0.621. The number of hydrogen-bond donors (Lipinski definition) is 0. The van der Waals surface area contributed by atoms with Gasteiger partial charge in [-0.25, -0.2) is 0 Å². The fraction of sp³-hybridized carbons (Fsp3) is 0.600. The van der Waals surface area contributed by atoms with Crippen LogP contribution >= 0.6 is 22.6 Å². The van der Waals surface area contributed by atoms with Gasteiger partial charge in [0, 0.05) is 29.0 Å². The summed E-state index contributed by atoms with van der Waals surface area (Å²) in [6, 6.07) is 0. The van der Waals surface area contributed by atoms with Crippen molar-refractivity contribution in [3.05, 3.63) is 9.79 Å². The number of rotatable bonds is 2. The van der Waals surface area contributed by atoms with E-state index in [9.17, 15) is 0 Å². The Bertz CT molecular complexity index is 187. The molecule has 1 aromatic rings. The summed E-state index contributed by atoms with van der Waals surface area (Å²) >= 11 is 2.00. The zero-order valence-electron chi connectivity index (χ0n) is 5.09. The molecule has 0 amide bonds. The molecule has 3 nitrogen and oxygen atoms in total. The second-order valence-corrected chi connectivity index (χ2v) is 2.62. The molecule has 0 unspecified atom stereocenters. The number of halogens is 1. The summed E-state index contributed by atoms with van der Waals surface area (Å²) in [4.78, 5) is 0. The fourth-order valence-electron chi connectivity index (χ4n) is 0.548. The van der Waals surface area contributed by atoms with Gasteiger partial charge in [0.05, 0.1) is 0 Å².